The average molecular weight is 353 g/mol. The molecule has 1 fully saturated rings. The number of hydrogen-bond acceptors (Lipinski definition) is 5. The van der Waals surface area contributed by atoms with Gasteiger partial charge in [0.2, 0.25) is 0 Å². The van der Waals surface area contributed by atoms with Crippen LogP contribution in [0.15, 0.2) is 0 Å². The number of carbonyl (C=O) groups excluding carboxylic acids is 1. The zero-order valence-corrected chi connectivity index (χ0v) is 16.3. The fraction of sp³-hybridized carbons (Fsp3) is 0.778. The van der Waals surface area contributed by atoms with Crippen molar-refractivity contribution in [2.24, 2.45) is 5.92 Å². The molecule has 2 heterocycles. The monoisotopic (exact) mass is 352 g/mol. The first kappa shape index (κ1) is 19.2. The van der Waals surface area contributed by atoms with Crippen molar-refractivity contribution in [3.05, 3.63) is 9.88 Å². The van der Waals surface area contributed by atoms with Crippen LogP contribution in [0.3, 0.4) is 0 Å². The summed E-state index contributed by atoms with van der Waals surface area (Å²) >= 11 is 1.54. The molecule has 0 aromatic carbocycles. The van der Waals surface area contributed by atoms with E-state index in [0.717, 1.165) is 60.6 Å². The number of nitrogens with one attached hydrogen (secondary N) is 2. The molecule has 0 aliphatic carbocycles. The van der Waals surface area contributed by atoms with Crippen molar-refractivity contribution >= 4 is 23.1 Å². The Balaban J connectivity index is 2.06. The Labute approximate surface area is 150 Å². The van der Waals surface area contributed by atoms with Crippen molar-refractivity contribution < 1.29 is 4.79 Å². The SMILES string of the molecule is CCNc1nc(CN2CCC(C)CC2)sc1C(=O)NC(CC)CC. The summed E-state index contributed by atoms with van der Waals surface area (Å²) in [7, 11) is 0. The van der Waals surface area contributed by atoms with Crippen LogP contribution >= 0.6 is 11.3 Å². The van der Waals surface area contributed by atoms with E-state index in [9.17, 15) is 4.79 Å². The Kier molecular flexibility index (Phi) is 7.49. The average Bonchev–Trinajstić information content (AvgIpc) is 2.97. The standard InChI is InChI=1S/C18H32N4OS/c1-5-14(6-2)20-18(23)16-17(19-7-3)21-15(24-16)12-22-10-8-13(4)9-11-22/h13-14,19H,5-12H2,1-4H3,(H,20,23). The third kappa shape index (κ3) is 5.18. The second-order valence-corrected chi connectivity index (χ2v) is 7.84. The molecule has 0 bridgehead atoms. The van der Waals surface area contributed by atoms with Gasteiger partial charge in [0, 0.05) is 12.6 Å². The van der Waals surface area contributed by atoms with E-state index in [1.54, 1.807) is 0 Å². The van der Waals surface area contributed by atoms with Gasteiger partial charge in [-0.3, -0.25) is 9.69 Å². The highest BCUT2D eigenvalue weighted by Gasteiger charge is 2.22. The van der Waals surface area contributed by atoms with Gasteiger partial charge in [-0.1, -0.05) is 20.8 Å². The molecule has 0 radical (unpaired) electrons. The second-order valence-electron chi connectivity index (χ2n) is 6.76. The number of nitrogens with zero attached hydrogens (tertiary/aromatic N) is 2. The van der Waals surface area contributed by atoms with Crippen molar-refractivity contribution in [2.45, 2.75) is 66.0 Å². The topological polar surface area (TPSA) is 57.3 Å². The van der Waals surface area contributed by atoms with E-state index >= 15 is 0 Å². The van der Waals surface area contributed by atoms with E-state index in [2.05, 4.69) is 36.3 Å². The Morgan fingerprint density at radius 2 is 1.96 bits per heavy atom. The van der Waals surface area contributed by atoms with Gasteiger partial charge in [-0.2, -0.15) is 0 Å². The molecule has 2 rings (SSSR count). The quantitative estimate of drug-likeness (QED) is 0.748. The number of hydrogen-bond donors (Lipinski definition) is 2. The van der Waals surface area contributed by atoms with Crippen LogP contribution in [0.5, 0.6) is 0 Å². The lowest BCUT2D eigenvalue weighted by atomic mass is 9.99. The van der Waals surface area contributed by atoms with Crippen molar-refractivity contribution in [3.8, 4) is 0 Å². The maximum Gasteiger partial charge on any atom is 0.265 e. The molecule has 1 aliphatic heterocycles. The Hall–Kier alpha value is -1.14. The predicted octanol–water partition coefficient (Wildman–Crippen LogP) is 3.73. The number of amides is 1. The number of anilines is 1. The van der Waals surface area contributed by atoms with Gasteiger partial charge in [0.05, 0.1) is 6.54 Å². The normalized spacial score (nSPS) is 16.5. The van der Waals surface area contributed by atoms with Crippen LogP contribution in [0.4, 0.5) is 5.82 Å². The molecule has 136 valence electrons. The Morgan fingerprint density at radius 3 is 2.54 bits per heavy atom. The lowest BCUT2D eigenvalue weighted by Gasteiger charge is -2.29. The van der Waals surface area contributed by atoms with E-state index in [4.69, 9.17) is 4.98 Å². The number of thiazole rings is 1. The van der Waals surface area contributed by atoms with Crippen LogP contribution in [0.25, 0.3) is 0 Å². The summed E-state index contributed by atoms with van der Waals surface area (Å²) in [5.74, 6) is 1.58. The molecule has 0 atom stereocenters. The summed E-state index contributed by atoms with van der Waals surface area (Å²) < 4.78 is 0. The van der Waals surface area contributed by atoms with Gasteiger partial charge < -0.3 is 10.6 Å². The minimum atomic E-state index is 0.00988. The highest BCUT2D eigenvalue weighted by molar-refractivity contribution is 7.14. The molecule has 5 nitrogen and oxygen atoms in total. The fourth-order valence-electron chi connectivity index (χ4n) is 3.03. The van der Waals surface area contributed by atoms with E-state index in [0.29, 0.717) is 0 Å². The van der Waals surface area contributed by atoms with E-state index in [-0.39, 0.29) is 11.9 Å². The molecule has 0 saturated carbocycles. The molecule has 1 aliphatic rings. The lowest BCUT2D eigenvalue weighted by molar-refractivity contribution is 0.0939. The molecule has 6 heteroatoms. The zero-order chi connectivity index (χ0) is 17.5. The first-order chi connectivity index (χ1) is 11.6. The van der Waals surface area contributed by atoms with Gasteiger partial charge in [0.25, 0.3) is 5.91 Å². The summed E-state index contributed by atoms with van der Waals surface area (Å²) in [5.41, 5.74) is 0. The second kappa shape index (κ2) is 9.37. The van der Waals surface area contributed by atoms with Crippen LogP contribution in [-0.2, 0) is 6.54 Å². The Bertz CT molecular complexity index is 519. The van der Waals surface area contributed by atoms with Gasteiger partial charge in [-0.05, 0) is 51.6 Å². The number of piperidine rings is 1. The van der Waals surface area contributed by atoms with Crippen LogP contribution < -0.4 is 10.6 Å². The molecule has 0 unspecified atom stereocenters. The molecule has 24 heavy (non-hydrogen) atoms. The molecular formula is C18H32N4OS. The van der Waals surface area contributed by atoms with Crippen LogP contribution in [0, 0.1) is 5.92 Å². The predicted molar refractivity (Wildman–Crippen MR) is 102 cm³/mol. The molecule has 2 N–H and O–H groups in total. The summed E-state index contributed by atoms with van der Waals surface area (Å²) in [6, 6.07) is 0.237. The maximum absolute atomic E-state index is 12.6. The zero-order valence-electron chi connectivity index (χ0n) is 15.5. The largest absolute Gasteiger partial charge is 0.369 e. The smallest absolute Gasteiger partial charge is 0.265 e. The third-order valence-electron chi connectivity index (χ3n) is 4.78. The molecule has 1 saturated heterocycles. The van der Waals surface area contributed by atoms with Gasteiger partial charge >= 0.3 is 0 Å². The molecule has 1 aromatic heterocycles. The molecule has 0 spiro atoms. The van der Waals surface area contributed by atoms with Gasteiger partial charge in [0.1, 0.15) is 15.7 Å². The van der Waals surface area contributed by atoms with Crippen LogP contribution in [0.2, 0.25) is 0 Å². The molecular weight excluding hydrogens is 320 g/mol. The minimum absolute atomic E-state index is 0.00988. The Morgan fingerprint density at radius 1 is 1.29 bits per heavy atom. The third-order valence-corrected chi connectivity index (χ3v) is 5.82. The fourth-order valence-corrected chi connectivity index (χ4v) is 4.01. The lowest BCUT2D eigenvalue weighted by Crippen LogP contribution is -2.33. The first-order valence-electron chi connectivity index (χ1n) is 9.34. The number of rotatable bonds is 8. The van der Waals surface area contributed by atoms with E-state index < -0.39 is 0 Å². The van der Waals surface area contributed by atoms with Crippen molar-refractivity contribution in [2.75, 3.05) is 25.0 Å². The van der Waals surface area contributed by atoms with Crippen LogP contribution in [-0.4, -0.2) is 41.5 Å². The first-order valence-corrected chi connectivity index (χ1v) is 10.2. The van der Waals surface area contributed by atoms with Crippen molar-refractivity contribution in [1.82, 2.24) is 15.2 Å². The molecule has 1 amide bonds. The van der Waals surface area contributed by atoms with Crippen molar-refractivity contribution in [1.29, 1.82) is 0 Å². The number of likely N-dealkylation sites (tertiary alicyclic amines) is 1. The number of aromatic nitrogens is 1. The summed E-state index contributed by atoms with van der Waals surface area (Å²) in [5, 5.41) is 7.42. The summed E-state index contributed by atoms with van der Waals surface area (Å²) in [6.45, 7) is 12.5. The maximum atomic E-state index is 12.6. The summed E-state index contributed by atoms with van der Waals surface area (Å²) in [6.07, 6.45) is 4.42. The van der Waals surface area contributed by atoms with Crippen molar-refractivity contribution in [3.63, 3.8) is 0 Å². The number of carbonyl (C=O) groups is 1. The van der Waals surface area contributed by atoms with E-state index in [1.807, 2.05) is 6.92 Å². The minimum Gasteiger partial charge on any atom is -0.369 e. The van der Waals surface area contributed by atoms with E-state index in [1.165, 1.54) is 24.2 Å². The highest BCUT2D eigenvalue weighted by atomic mass is 32.1. The molecule has 1 aromatic rings. The highest BCUT2D eigenvalue weighted by Crippen LogP contribution is 2.26. The van der Waals surface area contributed by atoms with Gasteiger partial charge in [-0.25, -0.2) is 4.98 Å². The van der Waals surface area contributed by atoms with Crippen LogP contribution in [0.1, 0.15) is 68.1 Å². The van der Waals surface area contributed by atoms with Gasteiger partial charge in [0.15, 0.2) is 0 Å². The summed E-state index contributed by atoms with van der Waals surface area (Å²) in [4.78, 5) is 20.5. The van der Waals surface area contributed by atoms with Gasteiger partial charge in [-0.15, -0.1) is 11.3 Å².